The van der Waals surface area contributed by atoms with Crippen LogP contribution in [-0.4, -0.2) is 39.7 Å². The number of non-ortho nitro benzene ring substituents is 1. The molecule has 0 unspecified atom stereocenters. The SMILES string of the molecule is COc1ccc(N2C(=S)N[C@H](c3ccccn3)[C@@H]2c2cc(C)n(-c3ccc([N+](=O)[O-])cc3OC)c2C)cc1NC(C)=O. The highest BCUT2D eigenvalue weighted by atomic mass is 32.1. The lowest BCUT2D eigenvalue weighted by atomic mass is 9.96. The Morgan fingerprint density at radius 2 is 1.83 bits per heavy atom. The van der Waals surface area contributed by atoms with Crippen molar-refractivity contribution in [2.75, 3.05) is 24.4 Å². The summed E-state index contributed by atoms with van der Waals surface area (Å²) in [5, 5.41) is 18.2. The van der Waals surface area contributed by atoms with Gasteiger partial charge in [0, 0.05) is 36.3 Å². The van der Waals surface area contributed by atoms with E-state index in [4.69, 9.17) is 21.7 Å². The zero-order valence-electron chi connectivity index (χ0n) is 23.7. The maximum absolute atomic E-state index is 12.0. The van der Waals surface area contributed by atoms with Gasteiger partial charge in [0.1, 0.15) is 11.5 Å². The van der Waals surface area contributed by atoms with E-state index in [9.17, 15) is 14.9 Å². The van der Waals surface area contributed by atoms with Crippen LogP contribution in [0.25, 0.3) is 5.69 Å². The van der Waals surface area contributed by atoms with Crippen LogP contribution in [0.2, 0.25) is 0 Å². The third kappa shape index (κ3) is 5.12. The lowest BCUT2D eigenvalue weighted by molar-refractivity contribution is -0.384. The number of hydrogen-bond acceptors (Lipinski definition) is 7. The van der Waals surface area contributed by atoms with Gasteiger partial charge in [-0.05, 0) is 74.1 Å². The van der Waals surface area contributed by atoms with Crippen LogP contribution in [0.5, 0.6) is 11.5 Å². The number of nitrogens with one attached hydrogen (secondary N) is 2. The molecule has 1 saturated heterocycles. The minimum Gasteiger partial charge on any atom is -0.495 e. The second kappa shape index (κ2) is 11.5. The molecule has 4 aromatic rings. The van der Waals surface area contributed by atoms with E-state index in [1.54, 1.807) is 25.4 Å². The number of nitro groups is 1. The number of thiocarbonyl (C=S) groups is 1. The van der Waals surface area contributed by atoms with Crippen LogP contribution in [0.15, 0.2) is 66.9 Å². The van der Waals surface area contributed by atoms with Crippen molar-refractivity contribution in [3.63, 3.8) is 0 Å². The zero-order valence-corrected chi connectivity index (χ0v) is 24.6. The molecule has 2 N–H and O–H groups in total. The van der Waals surface area contributed by atoms with Gasteiger partial charge in [-0.15, -0.1) is 0 Å². The van der Waals surface area contributed by atoms with E-state index in [0.29, 0.717) is 28.0 Å². The number of amides is 1. The molecule has 216 valence electrons. The maximum atomic E-state index is 12.0. The van der Waals surface area contributed by atoms with Gasteiger partial charge in [0.15, 0.2) is 5.11 Å². The van der Waals surface area contributed by atoms with E-state index < -0.39 is 4.92 Å². The second-order valence-corrected chi connectivity index (χ2v) is 10.2. The summed E-state index contributed by atoms with van der Waals surface area (Å²) in [6, 6.07) is 17.3. The van der Waals surface area contributed by atoms with E-state index >= 15 is 0 Å². The molecular weight excluding hydrogens is 556 g/mol. The first-order chi connectivity index (χ1) is 20.1. The summed E-state index contributed by atoms with van der Waals surface area (Å²) in [7, 11) is 3.04. The number of pyridine rings is 1. The first kappa shape index (κ1) is 28.6. The normalized spacial score (nSPS) is 16.2. The van der Waals surface area contributed by atoms with Crippen LogP contribution in [0.3, 0.4) is 0 Å². The number of carbonyl (C=O) groups is 1. The molecule has 1 fully saturated rings. The minimum atomic E-state index is -0.447. The van der Waals surface area contributed by atoms with Gasteiger partial charge in [0.25, 0.3) is 5.69 Å². The molecule has 2 aromatic carbocycles. The third-order valence-corrected chi connectivity index (χ3v) is 7.59. The molecule has 0 bridgehead atoms. The fourth-order valence-electron chi connectivity index (χ4n) is 5.50. The maximum Gasteiger partial charge on any atom is 0.273 e. The van der Waals surface area contributed by atoms with Crippen LogP contribution in [-0.2, 0) is 4.79 Å². The highest BCUT2D eigenvalue weighted by Gasteiger charge is 2.42. The number of ether oxygens (including phenoxy) is 2. The summed E-state index contributed by atoms with van der Waals surface area (Å²) >= 11 is 5.90. The van der Waals surface area contributed by atoms with Gasteiger partial charge in [-0.3, -0.25) is 19.9 Å². The Morgan fingerprint density at radius 1 is 1.07 bits per heavy atom. The lowest BCUT2D eigenvalue weighted by Gasteiger charge is -2.29. The third-order valence-electron chi connectivity index (χ3n) is 7.27. The Morgan fingerprint density at radius 3 is 2.48 bits per heavy atom. The summed E-state index contributed by atoms with van der Waals surface area (Å²) in [6.07, 6.45) is 1.74. The Bertz CT molecular complexity index is 1690. The highest BCUT2D eigenvalue weighted by molar-refractivity contribution is 7.80. The molecule has 0 spiro atoms. The number of nitro benzene ring substituents is 1. The summed E-state index contributed by atoms with van der Waals surface area (Å²) < 4.78 is 13.1. The number of hydrogen-bond donors (Lipinski definition) is 2. The number of nitrogens with zero attached hydrogens (tertiary/aromatic N) is 4. The van der Waals surface area contributed by atoms with E-state index in [0.717, 1.165) is 28.3 Å². The van der Waals surface area contributed by atoms with Gasteiger partial charge in [0.2, 0.25) is 5.91 Å². The fraction of sp³-hybridized carbons (Fsp3) is 0.233. The zero-order chi connectivity index (χ0) is 30.1. The van der Waals surface area contributed by atoms with Crippen molar-refractivity contribution >= 4 is 40.3 Å². The van der Waals surface area contributed by atoms with Crippen molar-refractivity contribution in [2.45, 2.75) is 32.9 Å². The molecule has 1 aliphatic heterocycles. The molecule has 0 saturated carbocycles. The molecule has 1 aliphatic rings. The lowest BCUT2D eigenvalue weighted by Crippen LogP contribution is -2.29. The van der Waals surface area contributed by atoms with Crippen LogP contribution < -0.4 is 25.0 Å². The number of methoxy groups -OCH3 is 2. The van der Waals surface area contributed by atoms with Crippen molar-refractivity contribution in [3.8, 4) is 17.2 Å². The molecule has 11 nitrogen and oxygen atoms in total. The molecule has 0 aliphatic carbocycles. The molecule has 42 heavy (non-hydrogen) atoms. The second-order valence-electron chi connectivity index (χ2n) is 9.84. The average Bonchev–Trinajstić information content (AvgIpc) is 3.47. The Kier molecular flexibility index (Phi) is 7.81. The molecule has 2 aromatic heterocycles. The van der Waals surface area contributed by atoms with Crippen molar-refractivity contribution in [1.82, 2.24) is 14.9 Å². The number of aryl methyl sites for hydroxylation is 1. The number of aromatic nitrogens is 2. The van der Waals surface area contributed by atoms with Gasteiger partial charge in [-0.25, -0.2) is 0 Å². The van der Waals surface area contributed by atoms with Crippen molar-refractivity contribution in [2.24, 2.45) is 0 Å². The monoisotopic (exact) mass is 586 g/mol. The summed E-state index contributed by atoms with van der Waals surface area (Å²) in [4.78, 5) is 29.6. The van der Waals surface area contributed by atoms with Crippen LogP contribution in [0, 0.1) is 24.0 Å². The molecule has 2 atom stereocenters. The van der Waals surface area contributed by atoms with Crippen molar-refractivity contribution < 1.29 is 19.2 Å². The Labute approximate surface area is 248 Å². The number of anilines is 2. The smallest absolute Gasteiger partial charge is 0.273 e. The highest BCUT2D eigenvalue weighted by Crippen LogP contribution is 2.45. The largest absolute Gasteiger partial charge is 0.495 e. The molecule has 3 heterocycles. The van der Waals surface area contributed by atoms with E-state index in [-0.39, 0.29) is 23.7 Å². The molecule has 12 heteroatoms. The Balaban J connectivity index is 1.69. The van der Waals surface area contributed by atoms with Gasteiger partial charge in [-0.1, -0.05) is 6.07 Å². The molecular formula is C30H30N6O5S. The van der Waals surface area contributed by atoms with Gasteiger partial charge < -0.3 is 29.6 Å². The van der Waals surface area contributed by atoms with Crippen LogP contribution in [0.4, 0.5) is 17.1 Å². The van der Waals surface area contributed by atoms with Crippen LogP contribution >= 0.6 is 12.2 Å². The summed E-state index contributed by atoms with van der Waals surface area (Å²) in [6.45, 7) is 5.41. The van der Waals surface area contributed by atoms with Crippen molar-refractivity contribution in [3.05, 3.63) is 99.6 Å². The fourth-order valence-corrected chi connectivity index (χ4v) is 5.85. The van der Waals surface area contributed by atoms with Crippen LogP contribution in [0.1, 0.15) is 41.7 Å². The van der Waals surface area contributed by atoms with Gasteiger partial charge >= 0.3 is 0 Å². The van der Waals surface area contributed by atoms with Gasteiger partial charge in [-0.2, -0.15) is 0 Å². The number of rotatable bonds is 8. The first-order valence-electron chi connectivity index (χ1n) is 13.1. The standard InChI is InChI=1S/C30H30N6O5S/c1-17-14-22(18(2)34(17)25-11-9-21(36(38)39)16-27(25)41-5)29-28(23-8-6-7-13-31-23)33-30(42)35(29)20-10-12-26(40-4)24(15-20)32-19(3)37/h6-16,28-29H,1-5H3,(H,32,37)(H,33,42)/t28-,29+/m1/s1. The molecule has 1 amide bonds. The number of carbonyl (C=O) groups excluding carboxylic acids is 1. The Hall–Kier alpha value is -4.97. The predicted molar refractivity (Wildman–Crippen MR) is 164 cm³/mol. The van der Waals surface area contributed by atoms with Gasteiger partial charge in [0.05, 0.1) is 54.4 Å². The number of benzene rings is 2. The first-order valence-corrected chi connectivity index (χ1v) is 13.5. The van der Waals surface area contributed by atoms with E-state index in [2.05, 4.69) is 21.7 Å². The van der Waals surface area contributed by atoms with E-state index in [1.807, 2.05) is 53.6 Å². The quantitative estimate of drug-likeness (QED) is 0.155. The topological polar surface area (TPSA) is 124 Å². The summed E-state index contributed by atoms with van der Waals surface area (Å²) in [5.41, 5.74) is 5.47. The average molecular weight is 587 g/mol. The summed E-state index contributed by atoms with van der Waals surface area (Å²) in [5.74, 6) is 0.676. The molecule has 5 rings (SSSR count). The predicted octanol–water partition coefficient (Wildman–Crippen LogP) is 5.55. The van der Waals surface area contributed by atoms with E-state index in [1.165, 1.54) is 26.2 Å². The minimum absolute atomic E-state index is 0.0560. The molecule has 0 radical (unpaired) electrons. The van der Waals surface area contributed by atoms with Crippen molar-refractivity contribution in [1.29, 1.82) is 0 Å².